The predicted molar refractivity (Wildman–Crippen MR) is 91.7 cm³/mol. The molecule has 0 bridgehead atoms. The van der Waals surface area contributed by atoms with Gasteiger partial charge in [0.1, 0.15) is 6.04 Å². The minimum absolute atomic E-state index is 0.0504. The van der Waals surface area contributed by atoms with Crippen molar-refractivity contribution in [3.05, 3.63) is 18.2 Å². The van der Waals surface area contributed by atoms with Gasteiger partial charge in [-0.2, -0.15) is 0 Å². The summed E-state index contributed by atoms with van der Waals surface area (Å²) in [5, 5.41) is 2.99. The van der Waals surface area contributed by atoms with Gasteiger partial charge in [0, 0.05) is 24.8 Å². The summed E-state index contributed by atoms with van der Waals surface area (Å²) < 4.78 is 39.9. The first-order chi connectivity index (χ1) is 12.8. The zero-order valence-corrected chi connectivity index (χ0v) is 15.2. The molecular weight excluding hydrogens is 362 g/mol. The van der Waals surface area contributed by atoms with E-state index in [4.69, 9.17) is 4.74 Å². The number of carbonyl (C=O) groups excluding carboxylic acids is 2. The van der Waals surface area contributed by atoms with Crippen LogP contribution in [0.5, 0.6) is 11.5 Å². The second-order valence-corrected chi connectivity index (χ2v) is 6.55. The van der Waals surface area contributed by atoms with Crippen LogP contribution in [0.4, 0.5) is 14.5 Å². The van der Waals surface area contributed by atoms with E-state index in [1.807, 2.05) is 0 Å². The molecule has 0 aromatic heterocycles. The molecule has 148 valence electrons. The molecule has 7 nitrogen and oxygen atoms in total. The van der Waals surface area contributed by atoms with Crippen molar-refractivity contribution < 1.29 is 32.6 Å². The third-order valence-corrected chi connectivity index (χ3v) is 4.58. The van der Waals surface area contributed by atoms with Gasteiger partial charge in [-0.25, -0.2) is 0 Å². The molecule has 1 unspecified atom stereocenters. The number of benzene rings is 1. The van der Waals surface area contributed by atoms with Gasteiger partial charge < -0.3 is 24.4 Å². The van der Waals surface area contributed by atoms with E-state index >= 15 is 0 Å². The molecule has 2 heterocycles. The monoisotopic (exact) mass is 384 g/mol. The second-order valence-electron chi connectivity index (χ2n) is 6.55. The molecule has 0 spiro atoms. The van der Waals surface area contributed by atoms with Crippen LogP contribution in [0.25, 0.3) is 0 Å². The number of amides is 1. The number of alkyl halides is 2. The number of halogens is 2. The van der Waals surface area contributed by atoms with Crippen LogP contribution < -0.4 is 14.8 Å². The van der Waals surface area contributed by atoms with Gasteiger partial charge in [0.2, 0.25) is 5.91 Å². The van der Waals surface area contributed by atoms with Gasteiger partial charge >= 0.3 is 12.3 Å². The van der Waals surface area contributed by atoms with Crippen LogP contribution in [0.3, 0.4) is 0 Å². The summed E-state index contributed by atoms with van der Waals surface area (Å²) in [5.74, 6) is -0.647. The Morgan fingerprint density at radius 2 is 1.96 bits per heavy atom. The Hall–Kier alpha value is -2.58. The first-order valence-corrected chi connectivity index (χ1v) is 8.91. The topological polar surface area (TPSA) is 77.1 Å². The third-order valence-electron chi connectivity index (χ3n) is 4.58. The van der Waals surface area contributed by atoms with E-state index in [-0.39, 0.29) is 29.3 Å². The number of likely N-dealkylation sites (tertiary alicyclic amines) is 1. The first-order valence-electron chi connectivity index (χ1n) is 8.91. The van der Waals surface area contributed by atoms with E-state index in [1.165, 1.54) is 12.1 Å². The van der Waals surface area contributed by atoms with E-state index < -0.39 is 12.3 Å². The van der Waals surface area contributed by atoms with E-state index in [0.717, 1.165) is 0 Å². The van der Waals surface area contributed by atoms with Crippen molar-refractivity contribution in [3.63, 3.8) is 0 Å². The standard InChI is InChI=1S/C18H22F2N2O5/c1-3-25-17(24)12-6-8-22(9-7-12)16(23)11(2)21-13-4-5-14-15(10-13)27-18(19,20)26-14/h4-5,10-12,21H,3,6-9H2,1-2H3. The molecule has 1 amide bonds. The molecule has 1 saturated heterocycles. The van der Waals surface area contributed by atoms with Crippen molar-refractivity contribution in [2.45, 2.75) is 39.0 Å². The summed E-state index contributed by atoms with van der Waals surface area (Å²) in [6, 6.07) is 3.71. The summed E-state index contributed by atoms with van der Waals surface area (Å²) in [7, 11) is 0. The molecule has 0 saturated carbocycles. The molecule has 27 heavy (non-hydrogen) atoms. The first kappa shape index (κ1) is 19.2. The normalized spacial score (nSPS) is 19.5. The number of hydrogen-bond donors (Lipinski definition) is 1. The summed E-state index contributed by atoms with van der Waals surface area (Å²) in [6.45, 7) is 4.75. The fourth-order valence-corrected chi connectivity index (χ4v) is 3.22. The van der Waals surface area contributed by atoms with Crippen molar-refractivity contribution in [1.82, 2.24) is 4.90 Å². The lowest BCUT2D eigenvalue weighted by atomic mass is 9.96. The molecule has 0 aliphatic carbocycles. The summed E-state index contributed by atoms with van der Waals surface area (Å²) in [6.07, 6.45) is -2.54. The molecule has 1 atom stereocenters. The van der Waals surface area contributed by atoms with Crippen molar-refractivity contribution in [2.75, 3.05) is 25.0 Å². The van der Waals surface area contributed by atoms with Crippen LogP contribution in [0.15, 0.2) is 18.2 Å². The van der Waals surface area contributed by atoms with Crippen LogP contribution in [0.2, 0.25) is 0 Å². The largest absolute Gasteiger partial charge is 0.586 e. The molecule has 1 N–H and O–H groups in total. The molecule has 1 fully saturated rings. The van der Waals surface area contributed by atoms with Gasteiger partial charge in [0.05, 0.1) is 12.5 Å². The molecule has 0 radical (unpaired) electrons. The van der Waals surface area contributed by atoms with Crippen molar-refractivity contribution in [2.24, 2.45) is 5.92 Å². The quantitative estimate of drug-likeness (QED) is 0.787. The predicted octanol–water partition coefficient (Wildman–Crippen LogP) is 2.61. The highest BCUT2D eigenvalue weighted by Gasteiger charge is 2.43. The van der Waals surface area contributed by atoms with Crippen LogP contribution in [0, 0.1) is 5.92 Å². The van der Waals surface area contributed by atoms with Crippen LogP contribution in [-0.2, 0) is 14.3 Å². The van der Waals surface area contributed by atoms with Gasteiger partial charge in [-0.3, -0.25) is 9.59 Å². The third kappa shape index (κ3) is 4.40. The smallest absolute Gasteiger partial charge is 0.466 e. The number of ether oxygens (including phenoxy) is 3. The van der Waals surface area contributed by atoms with Gasteiger partial charge in [-0.05, 0) is 38.8 Å². The minimum atomic E-state index is -3.67. The Balaban J connectivity index is 1.54. The van der Waals surface area contributed by atoms with Crippen LogP contribution in [-0.4, -0.2) is 48.8 Å². The van der Waals surface area contributed by atoms with Crippen molar-refractivity contribution >= 4 is 17.6 Å². The lowest BCUT2D eigenvalue weighted by Crippen LogP contribution is -2.46. The highest BCUT2D eigenvalue weighted by molar-refractivity contribution is 5.85. The van der Waals surface area contributed by atoms with Gasteiger partial charge in [-0.15, -0.1) is 8.78 Å². The van der Waals surface area contributed by atoms with Crippen LogP contribution >= 0.6 is 0 Å². The fourth-order valence-electron chi connectivity index (χ4n) is 3.22. The molecule has 3 rings (SSSR count). The van der Waals surface area contributed by atoms with Crippen LogP contribution in [0.1, 0.15) is 26.7 Å². The maximum absolute atomic E-state index is 13.1. The van der Waals surface area contributed by atoms with E-state index in [0.29, 0.717) is 38.2 Å². The number of nitrogens with zero attached hydrogens (tertiary/aromatic N) is 1. The SMILES string of the molecule is CCOC(=O)C1CCN(C(=O)C(C)Nc2ccc3c(c2)OC(F)(F)O3)CC1. The highest BCUT2D eigenvalue weighted by Crippen LogP contribution is 2.42. The zero-order chi connectivity index (χ0) is 19.6. The molecule has 1 aromatic carbocycles. The molecular formula is C18H22F2N2O5. The maximum Gasteiger partial charge on any atom is 0.586 e. The summed E-state index contributed by atoms with van der Waals surface area (Å²) >= 11 is 0. The maximum atomic E-state index is 13.1. The minimum Gasteiger partial charge on any atom is -0.466 e. The number of carbonyl (C=O) groups is 2. The van der Waals surface area contributed by atoms with E-state index in [1.54, 1.807) is 24.8 Å². The Kier molecular flexibility index (Phi) is 5.38. The Bertz CT molecular complexity index is 720. The van der Waals surface area contributed by atoms with E-state index in [9.17, 15) is 18.4 Å². The number of anilines is 1. The lowest BCUT2D eigenvalue weighted by molar-refractivity contribution is -0.286. The second kappa shape index (κ2) is 7.58. The lowest BCUT2D eigenvalue weighted by Gasteiger charge is -2.33. The Morgan fingerprint density at radius 1 is 1.30 bits per heavy atom. The van der Waals surface area contributed by atoms with Gasteiger partial charge in [-0.1, -0.05) is 0 Å². The Labute approximate surface area is 155 Å². The molecule has 1 aromatic rings. The van der Waals surface area contributed by atoms with Crippen molar-refractivity contribution in [3.8, 4) is 11.5 Å². The fraction of sp³-hybridized carbons (Fsp3) is 0.556. The highest BCUT2D eigenvalue weighted by atomic mass is 19.3. The number of esters is 1. The summed E-state index contributed by atoms with van der Waals surface area (Å²) in [4.78, 5) is 26.1. The molecule has 2 aliphatic heterocycles. The number of fused-ring (bicyclic) bond motifs is 1. The zero-order valence-electron chi connectivity index (χ0n) is 15.2. The average Bonchev–Trinajstić information content (AvgIpc) is 2.94. The van der Waals surface area contributed by atoms with Gasteiger partial charge in [0.25, 0.3) is 0 Å². The van der Waals surface area contributed by atoms with E-state index in [2.05, 4.69) is 14.8 Å². The number of nitrogens with one attached hydrogen (secondary N) is 1. The molecule has 2 aliphatic rings. The van der Waals surface area contributed by atoms with Crippen molar-refractivity contribution in [1.29, 1.82) is 0 Å². The molecule has 9 heteroatoms. The Morgan fingerprint density at radius 3 is 2.63 bits per heavy atom. The van der Waals surface area contributed by atoms with Gasteiger partial charge in [0.15, 0.2) is 11.5 Å². The average molecular weight is 384 g/mol. The number of piperidine rings is 1. The summed E-state index contributed by atoms with van der Waals surface area (Å²) in [5.41, 5.74) is 0.470. The number of hydrogen-bond acceptors (Lipinski definition) is 6. The number of rotatable bonds is 5.